The number of anilines is 1. The number of amides is 2. The lowest BCUT2D eigenvalue weighted by Crippen LogP contribution is -2.26. The summed E-state index contributed by atoms with van der Waals surface area (Å²) in [5.74, 6) is 0.0660. The second-order valence-electron chi connectivity index (χ2n) is 7.87. The minimum Gasteiger partial charge on any atom is -0.465 e. The van der Waals surface area contributed by atoms with Crippen LogP contribution in [0.15, 0.2) is 36.5 Å². The van der Waals surface area contributed by atoms with Crippen molar-refractivity contribution in [1.82, 2.24) is 20.2 Å². The molecule has 32 heavy (non-hydrogen) atoms. The number of nitrogens with zero attached hydrogens (tertiary/aromatic N) is 3. The molecule has 3 aromatic rings. The van der Waals surface area contributed by atoms with E-state index in [-0.39, 0.29) is 18.4 Å². The van der Waals surface area contributed by atoms with Crippen molar-refractivity contribution in [1.29, 1.82) is 0 Å². The molecule has 1 aromatic carbocycles. The molecule has 2 amide bonds. The van der Waals surface area contributed by atoms with Crippen LogP contribution in [-0.4, -0.2) is 39.0 Å². The topological polar surface area (TPSA) is 121 Å². The molecule has 0 radical (unpaired) electrons. The van der Waals surface area contributed by atoms with Gasteiger partial charge in [0.2, 0.25) is 5.95 Å². The highest BCUT2D eigenvalue weighted by molar-refractivity contribution is 7.14. The molecule has 1 aliphatic carbocycles. The number of thiophene rings is 1. The molecule has 0 saturated heterocycles. The Morgan fingerprint density at radius 3 is 2.75 bits per heavy atom. The van der Waals surface area contributed by atoms with Crippen molar-refractivity contribution in [2.24, 2.45) is 0 Å². The number of aryl methyl sites for hydroxylation is 2. The highest BCUT2D eigenvalue weighted by Crippen LogP contribution is 2.30. The first kappa shape index (κ1) is 21.8. The van der Waals surface area contributed by atoms with E-state index in [0.717, 1.165) is 34.4 Å². The van der Waals surface area contributed by atoms with E-state index in [2.05, 4.69) is 15.3 Å². The number of carbonyl (C=O) groups is 2. The maximum Gasteiger partial charge on any atom is 0.407 e. The minimum absolute atomic E-state index is 0.102. The van der Waals surface area contributed by atoms with Crippen molar-refractivity contribution in [2.45, 2.75) is 38.8 Å². The van der Waals surface area contributed by atoms with Gasteiger partial charge in [0.15, 0.2) is 0 Å². The molecule has 4 N–H and O–H groups in total. The van der Waals surface area contributed by atoms with Crippen molar-refractivity contribution in [2.75, 3.05) is 12.8 Å². The van der Waals surface area contributed by atoms with Crippen LogP contribution < -0.4 is 11.1 Å². The van der Waals surface area contributed by atoms with Gasteiger partial charge in [0.1, 0.15) is 0 Å². The Labute approximate surface area is 190 Å². The fraction of sp³-hybridized carbons (Fsp3) is 0.304. The quantitative estimate of drug-likeness (QED) is 0.525. The van der Waals surface area contributed by atoms with Crippen LogP contribution in [0, 0.1) is 0 Å². The molecule has 0 fully saturated rings. The third kappa shape index (κ3) is 4.88. The summed E-state index contributed by atoms with van der Waals surface area (Å²) in [5.41, 5.74) is 10.1. The molecule has 8 nitrogen and oxygen atoms in total. The van der Waals surface area contributed by atoms with Gasteiger partial charge in [-0.25, -0.2) is 14.8 Å². The van der Waals surface area contributed by atoms with Crippen LogP contribution in [0.4, 0.5) is 10.7 Å². The van der Waals surface area contributed by atoms with E-state index >= 15 is 0 Å². The van der Waals surface area contributed by atoms with Gasteiger partial charge in [-0.15, -0.1) is 11.3 Å². The number of rotatable bonds is 6. The fourth-order valence-corrected chi connectivity index (χ4v) is 5.00. The highest BCUT2D eigenvalue weighted by atomic mass is 32.1. The Hall–Kier alpha value is -3.46. The van der Waals surface area contributed by atoms with E-state index in [1.54, 1.807) is 23.6 Å². The number of nitrogen functional groups attached to an aromatic ring is 1. The highest BCUT2D eigenvalue weighted by Gasteiger charge is 2.18. The maximum atomic E-state index is 12.8. The van der Waals surface area contributed by atoms with E-state index in [0.29, 0.717) is 12.2 Å². The van der Waals surface area contributed by atoms with Crippen molar-refractivity contribution < 1.29 is 14.7 Å². The van der Waals surface area contributed by atoms with Gasteiger partial charge in [0, 0.05) is 36.8 Å². The summed E-state index contributed by atoms with van der Waals surface area (Å²) in [6.45, 7) is 0.485. The summed E-state index contributed by atoms with van der Waals surface area (Å²) in [6, 6.07) is 9.41. The van der Waals surface area contributed by atoms with E-state index in [1.807, 2.05) is 24.3 Å². The molecule has 4 rings (SSSR count). The lowest BCUT2D eigenvalue weighted by atomic mass is 9.99. The Balaban J connectivity index is 1.55. The lowest BCUT2D eigenvalue weighted by molar-refractivity contribution is 0.0954. The number of nitrogens with two attached hydrogens (primary N) is 1. The van der Waals surface area contributed by atoms with E-state index in [4.69, 9.17) is 5.73 Å². The van der Waals surface area contributed by atoms with Crippen LogP contribution in [0.5, 0.6) is 0 Å². The molecule has 0 aliphatic heterocycles. The maximum absolute atomic E-state index is 12.8. The smallest absolute Gasteiger partial charge is 0.407 e. The zero-order chi connectivity index (χ0) is 22.7. The minimum atomic E-state index is -1.03. The normalized spacial score (nSPS) is 12.8. The first-order valence-corrected chi connectivity index (χ1v) is 11.3. The first-order chi connectivity index (χ1) is 15.4. The molecule has 9 heteroatoms. The molecule has 0 spiro atoms. The average molecular weight is 452 g/mol. The standard InChI is InChI=1S/C23H25N5O3S/c1-28(23(30)31)13-17-10-14(18-8-9-25-22(24)27-18)6-7-16(17)12-26-21(29)20-11-15-4-2-3-5-19(15)32-20/h6-11H,2-5,12-13H2,1H3,(H,26,29)(H,30,31)(H2,24,25,27). The van der Waals surface area contributed by atoms with E-state index in [9.17, 15) is 14.7 Å². The van der Waals surface area contributed by atoms with Crippen LogP contribution in [0.2, 0.25) is 0 Å². The second kappa shape index (κ2) is 9.35. The predicted molar refractivity (Wildman–Crippen MR) is 124 cm³/mol. The molecule has 2 heterocycles. The molecule has 0 atom stereocenters. The van der Waals surface area contributed by atoms with Crippen molar-refractivity contribution in [3.63, 3.8) is 0 Å². The van der Waals surface area contributed by atoms with E-state index in [1.165, 1.54) is 35.2 Å². The van der Waals surface area contributed by atoms with Crippen LogP contribution in [0.25, 0.3) is 11.3 Å². The van der Waals surface area contributed by atoms with Crippen LogP contribution in [0.3, 0.4) is 0 Å². The van der Waals surface area contributed by atoms with Gasteiger partial charge in [-0.1, -0.05) is 12.1 Å². The third-order valence-corrected chi connectivity index (χ3v) is 6.81. The lowest BCUT2D eigenvalue weighted by Gasteiger charge is -2.17. The molecule has 2 aromatic heterocycles. The molecule has 0 unspecified atom stereocenters. The fourth-order valence-electron chi connectivity index (χ4n) is 3.83. The largest absolute Gasteiger partial charge is 0.465 e. The van der Waals surface area contributed by atoms with Gasteiger partial charge >= 0.3 is 6.09 Å². The molecule has 0 saturated carbocycles. The van der Waals surface area contributed by atoms with Gasteiger partial charge < -0.3 is 21.1 Å². The van der Waals surface area contributed by atoms with Crippen molar-refractivity contribution in [3.05, 3.63) is 63.0 Å². The first-order valence-electron chi connectivity index (χ1n) is 10.5. The summed E-state index contributed by atoms with van der Waals surface area (Å²) in [5, 5.41) is 12.3. The summed E-state index contributed by atoms with van der Waals surface area (Å²) in [4.78, 5) is 35.6. The zero-order valence-electron chi connectivity index (χ0n) is 17.8. The van der Waals surface area contributed by atoms with Gasteiger partial charge in [-0.2, -0.15) is 0 Å². The number of carboxylic acid groups (broad SMARTS) is 1. The molecule has 1 aliphatic rings. The Morgan fingerprint density at radius 1 is 1.19 bits per heavy atom. The molecule has 0 bridgehead atoms. The number of carbonyl (C=O) groups excluding carboxylic acids is 1. The molecular weight excluding hydrogens is 426 g/mol. The number of aromatic nitrogens is 2. The third-order valence-electron chi connectivity index (χ3n) is 5.57. The Bertz CT molecular complexity index is 1140. The second-order valence-corrected chi connectivity index (χ2v) is 9.01. The summed E-state index contributed by atoms with van der Waals surface area (Å²) in [6.07, 6.45) is 5.00. The SMILES string of the molecule is CN(Cc1cc(-c2ccnc(N)n2)ccc1CNC(=O)c1cc2c(s1)CCCC2)C(=O)O. The average Bonchev–Trinajstić information content (AvgIpc) is 3.22. The Kier molecular flexibility index (Phi) is 6.36. The zero-order valence-corrected chi connectivity index (χ0v) is 18.6. The van der Waals surface area contributed by atoms with Gasteiger partial charge in [-0.3, -0.25) is 4.79 Å². The summed E-state index contributed by atoms with van der Waals surface area (Å²) in [7, 11) is 1.51. The van der Waals surface area contributed by atoms with E-state index < -0.39 is 6.09 Å². The van der Waals surface area contributed by atoms with Crippen LogP contribution in [-0.2, 0) is 25.9 Å². The summed E-state index contributed by atoms with van der Waals surface area (Å²) < 4.78 is 0. The molecular formula is C23H25N5O3S. The molecule has 166 valence electrons. The monoisotopic (exact) mass is 451 g/mol. The number of hydrogen-bond acceptors (Lipinski definition) is 6. The van der Waals surface area contributed by atoms with Crippen LogP contribution >= 0.6 is 11.3 Å². The van der Waals surface area contributed by atoms with Gasteiger partial charge in [0.05, 0.1) is 10.6 Å². The number of benzene rings is 1. The van der Waals surface area contributed by atoms with Gasteiger partial charge in [-0.05, 0) is 60.6 Å². The number of nitrogens with one attached hydrogen (secondary N) is 1. The van der Waals surface area contributed by atoms with Crippen LogP contribution in [0.1, 0.15) is 44.1 Å². The summed E-state index contributed by atoms with van der Waals surface area (Å²) >= 11 is 1.57. The predicted octanol–water partition coefficient (Wildman–Crippen LogP) is 3.71. The van der Waals surface area contributed by atoms with Gasteiger partial charge in [0.25, 0.3) is 5.91 Å². The number of hydrogen-bond donors (Lipinski definition) is 3. The Morgan fingerprint density at radius 2 is 2.00 bits per heavy atom. The van der Waals surface area contributed by atoms with Crippen molar-refractivity contribution >= 4 is 29.3 Å². The van der Waals surface area contributed by atoms with Crippen molar-refractivity contribution in [3.8, 4) is 11.3 Å². The number of fused-ring (bicyclic) bond motifs is 1.